The van der Waals surface area contributed by atoms with E-state index in [1.54, 1.807) is 41.1 Å². The van der Waals surface area contributed by atoms with Crippen LogP contribution < -0.4 is 18.9 Å². The number of carbonyl (C=O) groups excluding carboxylic acids is 2. The molecule has 3 N–H and O–H groups in total. The van der Waals surface area contributed by atoms with Gasteiger partial charge < -0.3 is 15.4 Å². The van der Waals surface area contributed by atoms with Crippen LogP contribution in [0.1, 0.15) is 16.1 Å². The molecule has 7 nitrogen and oxygen atoms in total. The second-order valence-corrected chi connectivity index (χ2v) is 7.14. The molecule has 0 unspecified atom stereocenters. The number of nitrogens with zero attached hydrogens (tertiary/aromatic N) is 1. The summed E-state index contributed by atoms with van der Waals surface area (Å²) in [6.45, 7) is 0. The van der Waals surface area contributed by atoms with Crippen LogP contribution in [0, 0.1) is 0 Å². The maximum Gasteiger partial charge on any atom is 0.417 e. The summed E-state index contributed by atoms with van der Waals surface area (Å²) in [5.74, 6) is 0.442. The quantitative estimate of drug-likeness (QED) is 0.247. The topological polar surface area (TPSA) is 92.3 Å². The van der Waals surface area contributed by atoms with Gasteiger partial charge in [0.1, 0.15) is 17.2 Å². The van der Waals surface area contributed by atoms with E-state index in [4.69, 9.17) is 16.3 Å². The predicted molar refractivity (Wildman–Crippen MR) is 121 cm³/mol. The van der Waals surface area contributed by atoms with Gasteiger partial charge in [0.25, 0.3) is 5.91 Å². The highest BCUT2D eigenvalue weighted by atomic mass is 127. The molecule has 3 amide bonds. The van der Waals surface area contributed by atoms with Gasteiger partial charge in [0.05, 0.1) is 33.5 Å². The Hall–Kier alpha value is -3.06. The van der Waals surface area contributed by atoms with Gasteiger partial charge in [0.2, 0.25) is 0 Å². The molecule has 0 aliphatic heterocycles. The van der Waals surface area contributed by atoms with Crippen LogP contribution in [0.2, 0.25) is 5.02 Å². The standard InChI is InChI=1S/C20H13ClF3IN4O3/c21-16-6-3-12(9-15(16)20(22,23)24)28-19(31)27-11-1-4-13(5-2-11)32-14-7-8-26-17(10-14)18(30)29-25/h1-10H,(H,29,30)(H2,27,28,31). The Morgan fingerprint density at radius 3 is 2.25 bits per heavy atom. The van der Waals surface area contributed by atoms with Gasteiger partial charge in [-0.25, -0.2) is 4.79 Å². The molecule has 0 radical (unpaired) electrons. The van der Waals surface area contributed by atoms with Gasteiger partial charge in [-0.1, -0.05) is 11.6 Å². The Bertz CT molecular complexity index is 1140. The lowest BCUT2D eigenvalue weighted by atomic mass is 10.2. The number of nitrogens with one attached hydrogen (secondary N) is 3. The fourth-order valence-corrected chi connectivity index (χ4v) is 3.00. The minimum Gasteiger partial charge on any atom is -0.457 e. The van der Waals surface area contributed by atoms with Crippen molar-refractivity contribution >= 4 is 57.8 Å². The zero-order chi connectivity index (χ0) is 23.3. The number of aromatic nitrogens is 1. The third-order valence-corrected chi connectivity index (χ3v) is 4.75. The smallest absolute Gasteiger partial charge is 0.417 e. The van der Waals surface area contributed by atoms with Crippen molar-refractivity contribution in [1.82, 2.24) is 8.51 Å². The molecule has 0 spiro atoms. The summed E-state index contributed by atoms with van der Waals surface area (Å²) in [6, 6.07) is 11.6. The highest BCUT2D eigenvalue weighted by Crippen LogP contribution is 2.36. The summed E-state index contributed by atoms with van der Waals surface area (Å²) in [5.41, 5.74) is -0.556. The molecule has 12 heteroatoms. The highest BCUT2D eigenvalue weighted by molar-refractivity contribution is 14.1. The lowest BCUT2D eigenvalue weighted by Crippen LogP contribution is -2.19. The minimum atomic E-state index is -4.64. The largest absolute Gasteiger partial charge is 0.457 e. The van der Waals surface area contributed by atoms with Crippen molar-refractivity contribution in [1.29, 1.82) is 0 Å². The number of carbonyl (C=O) groups is 2. The molecule has 3 rings (SSSR count). The van der Waals surface area contributed by atoms with Crippen LogP contribution in [0.3, 0.4) is 0 Å². The summed E-state index contributed by atoms with van der Waals surface area (Å²) in [5, 5.41) is 4.36. The zero-order valence-electron chi connectivity index (χ0n) is 15.8. The van der Waals surface area contributed by atoms with Gasteiger partial charge in [0.15, 0.2) is 0 Å². The molecule has 0 fully saturated rings. The fourth-order valence-electron chi connectivity index (χ4n) is 2.50. The first kappa shape index (κ1) is 23.6. The first-order chi connectivity index (χ1) is 15.2. The number of halogens is 5. The molecular weight excluding hydrogens is 564 g/mol. The van der Waals surface area contributed by atoms with E-state index >= 15 is 0 Å². The molecule has 3 aromatic rings. The van der Waals surface area contributed by atoms with Gasteiger partial charge in [0, 0.05) is 23.6 Å². The lowest BCUT2D eigenvalue weighted by molar-refractivity contribution is -0.137. The van der Waals surface area contributed by atoms with Crippen molar-refractivity contribution < 1.29 is 27.5 Å². The average Bonchev–Trinajstić information content (AvgIpc) is 2.75. The number of alkyl halides is 3. The van der Waals surface area contributed by atoms with Gasteiger partial charge in [-0.2, -0.15) is 13.2 Å². The molecule has 32 heavy (non-hydrogen) atoms. The number of hydrogen-bond acceptors (Lipinski definition) is 4. The van der Waals surface area contributed by atoms with Crippen LogP contribution in [0.15, 0.2) is 60.8 Å². The fraction of sp³-hybridized carbons (Fsp3) is 0.0500. The van der Waals surface area contributed by atoms with Crippen LogP contribution in [-0.2, 0) is 6.18 Å². The van der Waals surface area contributed by atoms with E-state index in [-0.39, 0.29) is 17.3 Å². The van der Waals surface area contributed by atoms with Crippen LogP contribution in [-0.4, -0.2) is 16.9 Å². The number of ether oxygens (including phenoxy) is 1. The number of amides is 3. The first-order valence-electron chi connectivity index (χ1n) is 8.75. The maximum absolute atomic E-state index is 12.9. The van der Waals surface area contributed by atoms with Gasteiger partial charge >= 0.3 is 12.2 Å². The third kappa shape index (κ3) is 6.23. The maximum atomic E-state index is 12.9. The Kier molecular flexibility index (Phi) is 7.40. The summed E-state index contributed by atoms with van der Waals surface area (Å²) in [6.07, 6.45) is -3.21. The van der Waals surface area contributed by atoms with Gasteiger partial charge in [-0.3, -0.25) is 13.3 Å². The molecule has 0 aliphatic carbocycles. The molecule has 0 atom stereocenters. The SMILES string of the molecule is O=C(Nc1ccc(Oc2ccnc(C(=O)NI)c2)cc1)Nc1ccc(Cl)c(C(F)(F)F)c1. The summed E-state index contributed by atoms with van der Waals surface area (Å²) >= 11 is 7.27. The molecule has 0 saturated carbocycles. The Balaban J connectivity index is 1.62. The molecule has 0 aliphatic rings. The van der Waals surface area contributed by atoms with Crippen molar-refractivity contribution in [2.24, 2.45) is 0 Å². The van der Waals surface area contributed by atoms with Crippen molar-refractivity contribution in [3.8, 4) is 11.5 Å². The number of hydrogen-bond donors (Lipinski definition) is 3. The zero-order valence-corrected chi connectivity index (χ0v) is 18.7. The van der Waals surface area contributed by atoms with E-state index in [0.717, 1.165) is 12.1 Å². The van der Waals surface area contributed by atoms with E-state index in [1.807, 2.05) is 0 Å². The average molecular weight is 577 g/mol. The normalized spacial score (nSPS) is 10.9. The van der Waals surface area contributed by atoms with Crippen molar-refractivity contribution in [3.05, 3.63) is 77.1 Å². The van der Waals surface area contributed by atoms with E-state index in [1.165, 1.54) is 30.5 Å². The third-order valence-electron chi connectivity index (χ3n) is 3.93. The van der Waals surface area contributed by atoms with Gasteiger partial charge in [-0.15, -0.1) is 0 Å². The molecule has 1 aromatic heterocycles. The number of rotatable bonds is 5. The monoisotopic (exact) mass is 576 g/mol. The van der Waals surface area contributed by atoms with E-state index in [0.29, 0.717) is 17.2 Å². The van der Waals surface area contributed by atoms with Crippen molar-refractivity contribution in [2.45, 2.75) is 6.18 Å². The number of pyridine rings is 1. The minimum absolute atomic E-state index is 0.0665. The van der Waals surface area contributed by atoms with E-state index < -0.39 is 22.8 Å². The summed E-state index contributed by atoms with van der Waals surface area (Å²) in [7, 11) is 0. The molecule has 0 bridgehead atoms. The van der Waals surface area contributed by atoms with Gasteiger partial charge in [-0.05, 0) is 48.5 Å². The number of benzene rings is 2. The predicted octanol–water partition coefficient (Wildman–Crippen LogP) is 6.27. The highest BCUT2D eigenvalue weighted by Gasteiger charge is 2.33. The second kappa shape index (κ2) is 10.0. The molecule has 0 saturated heterocycles. The van der Waals surface area contributed by atoms with Crippen LogP contribution >= 0.6 is 34.5 Å². The van der Waals surface area contributed by atoms with Crippen LogP contribution in [0.4, 0.5) is 29.3 Å². The summed E-state index contributed by atoms with van der Waals surface area (Å²) in [4.78, 5) is 27.7. The van der Waals surface area contributed by atoms with Crippen LogP contribution in [0.25, 0.3) is 0 Å². The van der Waals surface area contributed by atoms with Crippen LogP contribution in [0.5, 0.6) is 11.5 Å². The second-order valence-electron chi connectivity index (χ2n) is 6.20. The lowest BCUT2D eigenvalue weighted by Gasteiger charge is -2.12. The first-order valence-corrected chi connectivity index (χ1v) is 10.2. The van der Waals surface area contributed by atoms with Crippen molar-refractivity contribution in [2.75, 3.05) is 10.6 Å². The molecule has 166 valence electrons. The summed E-state index contributed by atoms with van der Waals surface area (Å²) < 4.78 is 46.9. The Morgan fingerprint density at radius 1 is 0.938 bits per heavy atom. The van der Waals surface area contributed by atoms with E-state index in [2.05, 4.69) is 19.1 Å². The number of anilines is 2. The Morgan fingerprint density at radius 2 is 1.59 bits per heavy atom. The molecular formula is C20H13ClF3IN4O3. The van der Waals surface area contributed by atoms with E-state index in [9.17, 15) is 22.8 Å². The molecule has 1 heterocycles. The molecule has 2 aromatic carbocycles. The number of urea groups is 1. The Labute approximate surface area is 198 Å². The van der Waals surface area contributed by atoms with Crippen molar-refractivity contribution in [3.63, 3.8) is 0 Å².